The highest BCUT2D eigenvalue weighted by Crippen LogP contribution is 2.14. The van der Waals surface area contributed by atoms with Gasteiger partial charge in [0.25, 0.3) is 5.91 Å². The van der Waals surface area contributed by atoms with Crippen LogP contribution in [0.15, 0.2) is 16.9 Å². The van der Waals surface area contributed by atoms with Crippen LogP contribution in [0.4, 0.5) is 0 Å². The minimum Gasteiger partial charge on any atom is -0.377 e. The van der Waals surface area contributed by atoms with E-state index >= 15 is 0 Å². The maximum atomic E-state index is 12.3. The maximum Gasteiger partial charge on any atom is 0.286 e. The minimum absolute atomic E-state index is 0.102. The van der Waals surface area contributed by atoms with Gasteiger partial charge in [0.05, 0.1) is 12.4 Å². The molecule has 0 aromatic heterocycles. The number of hydrogen-bond acceptors (Lipinski definition) is 6. The fraction of sp³-hybridized carbons (Fsp3) is 0.714. The van der Waals surface area contributed by atoms with Gasteiger partial charge in [-0.3, -0.25) is 10.1 Å². The largest absolute Gasteiger partial charge is 0.377 e. The topological polar surface area (TPSA) is 80.8 Å². The highest BCUT2D eigenvalue weighted by atomic mass is 16.2. The Labute approximate surface area is 125 Å². The molecule has 0 aromatic rings. The van der Waals surface area contributed by atoms with Gasteiger partial charge < -0.3 is 20.9 Å². The van der Waals surface area contributed by atoms with E-state index < -0.39 is 0 Å². The number of amidine groups is 1. The molecule has 1 unspecified atom stereocenters. The van der Waals surface area contributed by atoms with Gasteiger partial charge in [-0.15, -0.1) is 0 Å². The van der Waals surface area contributed by atoms with E-state index in [1.807, 2.05) is 6.20 Å². The number of fused-ring (bicyclic) bond motifs is 1. The summed E-state index contributed by atoms with van der Waals surface area (Å²) in [6, 6.07) is 0.829. The number of carbonyl (C=O) groups is 1. The molecule has 0 bridgehead atoms. The van der Waals surface area contributed by atoms with Crippen molar-refractivity contribution in [3.8, 4) is 0 Å². The quantitative estimate of drug-likeness (QED) is 0.553. The number of nitrogens with zero attached hydrogens (tertiary/aromatic N) is 2. The Morgan fingerprint density at radius 1 is 1.43 bits per heavy atom. The zero-order valence-electron chi connectivity index (χ0n) is 12.6. The van der Waals surface area contributed by atoms with Gasteiger partial charge in [-0.2, -0.15) is 0 Å². The highest BCUT2D eigenvalue weighted by Gasteiger charge is 2.30. The van der Waals surface area contributed by atoms with Crippen LogP contribution in [0.25, 0.3) is 0 Å². The molecular weight excluding hydrogens is 268 g/mol. The summed E-state index contributed by atoms with van der Waals surface area (Å²) < 4.78 is 0. The second kappa shape index (κ2) is 6.03. The van der Waals surface area contributed by atoms with Crippen LogP contribution in [0.1, 0.15) is 26.7 Å². The Hall–Kier alpha value is -1.60. The monoisotopic (exact) mass is 292 g/mol. The van der Waals surface area contributed by atoms with Gasteiger partial charge in [-0.25, -0.2) is 4.99 Å². The fourth-order valence-corrected chi connectivity index (χ4v) is 2.95. The first-order chi connectivity index (χ1) is 10.1. The molecule has 116 valence electrons. The van der Waals surface area contributed by atoms with E-state index in [-0.39, 0.29) is 18.1 Å². The summed E-state index contributed by atoms with van der Waals surface area (Å²) >= 11 is 0. The molecule has 3 heterocycles. The zero-order valence-corrected chi connectivity index (χ0v) is 12.6. The van der Waals surface area contributed by atoms with Crippen LogP contribution in [0.3, 0.4) is 0 Å². The van der Waals surface area contributed by atoms with E-state index in [1.54, 1.807) is 0 Å². The minimum atomic E-state index is -0.116. The third kappa shape index (κ3) is 3.19. The molecule has 3 aliphatic heterocycles. The third-order valence-corrected chi connectivity index (χ3v) is 4.28. The van der Waals surface area contributed by atoms with Gasteiger partial charge in [-0.1, -0.05) is 0 Å². The molecule has 0 spiro atoms. The number of amides is 1. The number of likely N-dealkylation sites (tertiary alicyclic amines) is 1. The summed E-state index contributed by atoms with van der Waals surface area (Å²) in [6.45, 7) is 7.19. The summed E-state index contributed by atoms with van der Waals surface area (Å²) in [5, 5.41) is 12.4. The molecule has 1 saturated heterocycles. The van der Waals surface area contributed by atoms with Gasteiger partial charge >= 0.3 is 0 Å². The number of aliphatic imine (C=N–C) groups is 1. The molecule has 7 nitrogen and oxygen atoms in total. The molecule has 7 heteroatoms. The van der Waals surface area contributed by atoms with Gasteiger partial charge in [0, 0.05) is 31.4 Å². The van der Waals surface area contributed by atoms with Crippen LogP contribution in [0.5, 0.6) is 0 Å². The molecule has 0 radical (unpaired) electrons. The van der Waals surface area contributed by atoms with Crippen molar-refractivity contribution < 1.29 is 4.79 Å². The first kappa shape index (κ1) is 14.3. The molecule has 3 aliphatic rings. The standard InChI is InChI=1S/C14H24N6O/c1-9(2)20-5-3-10(4-6-20)17-14(21)13-18-11-7-15-8-16-12(11)19-13/h7,9-10,12,15-16H,3-6,8H2,1-2H3,(H,17,21)(H,18,19). The Morgan fingerprint density at radius 3 is 2.86 bits per heavy atom. The van der Waals surface area contributed by atoms with Crippen LogP contribution < -0.4 is 21.3 Å². The molecule has 1 fully saturated rings. The third-order valence-electron chi connectivity index (χ3n) is 4.28. The number of carbonyl (C=O) groups excluding carboxylic acids is 1. The van der Waals surface area contributed by atoms with E-state index in [9.17, 15) is 4.79 Å². The molecule has 21 heavy (non-hydrogen) atoms. The predicted octanol–water partition coefficient (Wildman–Crippen LogP) is -0.705. The number of nitrogens with one attached hydrogen (secondary N) is 4. The number of rotatable bonds is 3. The van der Waals surface area contributed by atoms with Crippen molar-refractivity contribution in [3.63, 3.8) is 0 Å². The van der Waals surface area contributed by atoms with Gasteiger partial charge in [0.2, 0.25) is 0 Å². The Kier molecular flexibility index (Phi) is 4.12. The lowest BCUT2D eigenvalue weighted by Crippen LogP contribution is -2.49. The molecule has 0 aliphatic carbocycles. The van der Waals surface area contributed by atoms with E-state index in [2.05, 4.69) is 45.0 Å². The van der Waals surface area contributed by atoms with Crippen molar-refractivity contribution in [1.82, 2.24) is 26.2 Å². The SMILES string of the molecule is CC(C)N1CCC(NC(=O)C2=NC3NCNC=C3N2)CC1. The van der Waals surface area contributed by atoms with Crippen LogP contribution >= 0.6 is 0 Å². The summed E-state index contributed by atoms with van der Waals surface area (Å²) in [5.41, 5.74) is 0.904. The molecule has 3 rings (SSSR count). The summed E-state index contributed by atoms with van der Waals surface area (Å²) in [5.74, 6) is 0.309. The smallest absolute Gasteiger partial charge is 0.286 e. The number of piperidine rings is 1. The average molecular weight is 292 g/mol. The van der Waals surface area contributed by atoms with Crippen molar-refractivity contribution in [1.29, 1.82) is 0 Å². The lowest BCUT2D eigenvalue weighted by atomic mass is 10.0. The van der Waals surface area contributed by atoms with E-state index in [0.717, 1.165) is 31.6 Å². The van der Waals surface area contributed by atoms with Gasteiger partial charge in [0.1, 0.15) is 6.17 Å². The Bertz CT molecular complexity index is 464. The fourth-order valence-electron chi connectivity index (χ4n) is 2.95. The molecule has 1 amide bonds. The van der Waals surface area contributed by atoms with Crippen molar-refractivity contribution in [3.05, 3.63) is 11.9 Å². The summed E-state index contributed by atoms with van der Waals surface area (Å²) in [7, 11) is 0. The first-order valence-corrected chi connectivity index (χ1v) is 7.70. The second-order valence-corrected chi connectivity index (χ2v) is 6.07. The normalized spacial score (nSPS) is 26.5. The van der Waals surface area contributed by atoms with Crippen molar-refractivity contribution >= 4 is 11.7 Å². The van der Waals surface area contributed by atoms with Crippen molar-refractivity contribution in [2.75, 3.05) is 19.8 Å². The highest BCUT2D eigenvalue weighted by molar-refractivity contribution is 6.39. The summed E-state index contributed by atoms with van der Waals surface area (Å²) in [4.78, 5) is 19.1. The lowest BCUT2D eigenvalue weighted by Gasteiger charge is -2.34. The van der Waals surface area contributed by atoms with Crippen molar-refractivity contribution in [2.24, 2.45) is 4.99 Å². The maximum absolute atomic E-state index is 12.3. The van der Waals surface area contributed by atoms with Crippen LogP contribution in [-0.2, 0) is 4.79 Å². The van der Waals surface area contributed by atoms with Crippen LogP contribution in [-0.4, -0.2) is 54.7 Å². The van der Waals surface area contributed by atoms with E-state index in [4.69, 9.17) is 0 Å². The lowest BCUT2D eigenvalue weighted by molar-refractivity contribution is -0.115. The molecule has 0 saturated carbocycles. The summed E-state index contributed by atoms with van der Waals surface area (Å²) in [6.07, 6.45) is 3.76. The van der Waals surface area contributed by atoms with Gasteiger partial charge in [0.15, 0.2) is 5.84 Å². The molecular formula is C14H24N6O. The zero-order chi connectivity index (χ0) is 14.8. The molecule has 0 aromatic carbocycles. The van der Waals surface area contributed by atoms with E-state index in [0.29, 0.717) is 18.5 Å². The Morgan fingerprint density at radius 2 is 2.19 bits per heavy atom. The average Bonchev–Trinajstić information content (AvgIpc) is 2.92. The number of hydrogen-bond donors (Lipinski definition) is 4. The molecule has 1 atom stereocenters. The van der Waals surface area contributed by atoms with Crippen LogP contribution in [0.2, 0.25) is 0 Å². The van der Waals surface area contributed by atoms with E-state index in [1.165, 1.54) is 0 Å². The van der Waals surface area contributed by atoms with Gasteiger partial charge in [-0.05, 0) is 26.7 Å². The second-order valence-electron chi connectivity index (χ2n) is 6.07. The Balaban J connectivity index is 1.51. The van der Waals surface area contributed by atoms with Crippen LogP contribution in [0, 0.1) is 0 Å². The molecule has 4 N–H and O–H groups in total. The predicted molar refractivity (Wildman–Crippen MR) is 81.5 cm³/mol. The first-order valence-electron chi connectivity index (χ1n) is 7.70. The van der Waals surface area contributed by atoms with Crippen molar-refractivity contribution in [2.45, 2.75) is 44.9 Å².